The second kappa shape index (κ2) is 6.23. The van der Waals surface area contributed by atoms with Crippen LogP contribution in [0.3, 0.4) is 0 Å². The number of likely N-dealkylation sites (N-methyl/N-ethyl adjacent to an activating group) is 1. The summed E-state index contributed by atoms with van der Waals surface area (Å²) < 4.78 is 0.651. The van der Waals surface area contributed by atoms with Crippen LogP contribution in [-0.4, -0.2) is 48.2 Å². The average Bonchev–Trinajstić information content (AvgIpc) is 2.76. The molecule has 1 fully saturated rings. The average molecular weight is 342 g/mol. The van der Waals surface area contributed by atoms with Crippen LogP contribution in [0.4, 0.5) is 10.5 Å². The Bertz CT molecular complexity index is 536. The van der Waals surface area contributed by atoms with Gasteiger partial charge in [-0.05, 0) is 38.2 Å². The molecule has 0 radical (unpaired) electrons. The number of amides is 2. The fraction of sp³-hybridized carbons (Fsp3) is 0.385. The Morgan fingerprint density at radius 2 is 2.20 bits per heavy atom. The van der Waals surface area contributed by atoms with Crippen molar-refractivity contribution < 1.29 is 14.7 Å². The first kappa shape index (κ1) is 14.8. The van der Waals surface area contributed by atoms with Crippen LogP contribution in [0.15, 0.2) is 22.7 Å². The molecule has 3 N–H and O–H groups in total. The van der Waals surface area contributed by atoms with E-state index in [0.29, 0.717) is 4.47 Å². The zero-order valence-corrected chi connectivity index (χ0v) is 12.6. The Labute approximate surface area is 125 Å². The normalized spacial score (nSPS) is 18.8. The first-order valence-electron chi connectivity index (χ1n) is 6.24. The fourth-order valence-corrected chi connectivity index (χ4v) is 2.56. The zero-order chi connectivity index (χ0) is 14.7. The van der Waals surface area contributed by atoms with Crippen molar-refractivity contribution in [3.63, 3.8) is 0 Å². The Kier molecular flexibility index (Phi) is 4.61. The van der Waals surface area contributed by atoms with Gasteiger partial charge in [-0.3, -0.25) is 0 Å². The van der Waals surface area contributed by atoms with E-state index >= 15 is 0 Å². The summed E-state index contributed by atoms with van der Waals surface area (Å²) in [5.74, 6) is -1.08. The van der Waals surface area contributed by atoms with E-state index in [-0.39, 0.29) is 23.3 Å². The lowest BCUT2D eigenvalue weighted by atomic mass is 10.2. The minimum absolute atomic E-state index is 0.0538. The highest BCUT2D eigenvalue weighted by molar-refractivity contribution is 9.10. The maximum atomic E-state index is 11.9. The van der Waals surface area contributed by atoms with Gasteiger partial charge in [0.2, 0.25) is 0 Å². The van der Waals surface area contributed by atoms with Crippen LogP contribution in [0, 0.1) is 0 Å². The summed E-state index contributed by atoms with van der Waals surface area (Å²) >= 11 is 3.21. The number of carboxylic acid groups (broad SMARTS) is 1. The molecule has 0 aliphatic carbocycles. The molecule has 0 bridgehead atoms. The molecule has 0 spiro atoms. The Hall–Kier alpha value is -1.60. The molecular formula is C13H16BrN3O3. The minimum Gasteiger partial charge on any atom is -0.478 e. The molecule has 1 aromatic rings. The number of hydrogen-bond donors (Lipinski definition) is 3. The number of aromatic carboxylic acids is 1. The van der Waals surface area contributed by atoms with Crippen LogP contribution in [0.5, 0.6) is 0 Å². The number of hydrogen-bond acceptors (Lipinski definition) is 3. The van der Waals surface area contributed by atoms with E-state index in [9.17, 15) is 9.59 Å². The van der Waals surface area contributed by atoms with E-state index in [2.05, 4.69) is 31.5 Å². The molecule has 0 saturated carbocycles. The first-order chi connectivity index (χ1) is 9.45. The summed E-state index contributed by atoms with van der Waals surface area (Å²) in [6.07, 6.45) is 0.899. The number of carboxylic acids is 1. The van der Waals surface area contributed by atoms with Crippen LogP contribution >= 0.6 is 15.9 Å². The number of urea groups is 1. The summed E-state index contributed by atoms with van der Waals surface area (Å²) in [6, 6.07) is 4.43. The number of nitrogens with zero attached hydrogens (tertiary/aromatic N) is 1. The number of carbonyl (C=O) groups excluding carboxylic acids is 1. The van der Waals surface area contributed by atoms with Crippen LogP contribution in [0.25, 0.3) is 0 Å². The van der Waals surface area contributed by atoms with Gasteiger partial charge in [0.1, 0.15) is 0 Å². The summed E-state index contributed by atoms with van der Waals surface area (Å²) in [5, 5.41) is 14.6. The smallest absolute Gasteiger partial charge is 0.337 e. The third-order valence-electron chi connectivity index (χ3n) is 3.19. The number of halogens is 1. The molecule has 0 aromatic heterocycles. The van der Waals surface area contributed by atoms with Crippen LogP contribution in [0.1, 0.15) is 16.8 Å². The predicted molar refractivity (Wildman–Crippen MR) is 79.2 cm³/mol. The van der Waals surface area contributed by atoms with E-state index in [1.165, 1.54) is 6.07 Å². The van der Waals surface area contributed by atoms with E-state index in [1.807, 2.05) is 7.05 Å². The highest BCUT2D eigenvalue weighted by Crippen LogP contribution is 2.21. The second-order valence-corrected chi connectivity index (χ2v) is 5.76. The highest BCUT2D eigenvalue weighted by Gasteiger charge is 2.21. The first-order valence-corrected chi connectivity index (χ1v) is 7.04. The van der Waals surface area contributed by atoms with Gasteiger partial charge in [-0.2, -0.15) is 0 Å². The molecular weight excluding hydrogens is 326 g/mol. The van der Waals surface area contributed by atoms with E-state index in [0.717, 1.165) is 19.5 Å². The Balaban J connectivity index is 2.02. The lowest BCUT2D eigenvalue weighted by Crippen LogP contribution is -2.39. The van der Waals surface area contributed by atoms with Crippen molar-refractivity contribution in [1.82, 2.24) is 10.2 Å². The lowest BCUT2D eigenvalue weighted by Gasteiger charge is -2.14. The van der Waals surface area contributed by atoms with Crippen molar-refractivity contribution in [2.24, 2.45) is 0 Å². The van der Waals surface area contributed by atoms with Gasteiger partial charge in [-0.15, -0.1) is 0 Å². The molecule has 2 rings (SSSR count). The van der Waals surface area contributed by atoms with E-state index in [4.69, 9.17) is 5.11 Å². The molecule has 1 heterocycles. The quantitative estimate of drug-likeness (QED) is 0.785. The van der Waals surface area contributed by atoms with Crippen LogP contribution in [-0.2, 0) is 0 Å². The highest BCUT2D eigenvalue weighted by atomic mass is 79.9. The minimum atomic E-state index is -1.08. The van der Waals surface area contributed by atoms with Crippen molar-refractivity contribution in [3.05, 3.63) is 28.2 Å². The molecule has 1 aromatic carbocycles. The summed E-state index contributed by atoms with van der Waals surface area (Å²) in [4.78, 5) is 25.2. The zero-order valence-electron chi connectivity index (χ0n) is 11.0. The van der Waals surface area contributed by atoms with E-state index in [1.54, 1.807) is 12.1 Å². The molecule has 6 nitrogen and oxygen atoms in total. The van der Waals surface area contributed by atoms with Crippen molar-refractivity contribution in [2.75, 3.05) is 25.5 Å². The van der Waals surface area contributed by atoms with Gasteiger partial charge in [0.15, 0.2) is 0 Å². The molecule has 108 valence electrons. The van der Waals surface area contributed by atoms with Gasteiger partial charge in [0.25, 0.3) is 0 Å². The number of nitrogens with one attached hydrogen (secondary N) is 2. The molecule has 1 saturated heterocycles. The standard InChI is InChI=1S/C13H16BrN3O3/c1-17-5-4-9(7-17)15-13(20)16-11-3-2-8(14)6-10(11)12(18)19/h2-3,6,9H,4-5,7H2,1H3,(H,18,19)(H2,15,16,20). The third-order valence-corrected chi connectivity index (χ3v) is 3.68. The van der Waals surface area contributed by atoms with Gasteiger partial charge in [0.05, 0.1) is 11.3 Å². The maximum absolute atomic E-state index is 11.9. The van der Waals surface area contributed by atoms with Gasteiger partial charge in [-0.1, -0.05) is 15.9 Å². The maximum Gasteiger partial charge on any atom is 0.337 e. The number of likely N-dealkylation sites (tertiary alicyclic amines) is 1. The van der Waals surface area contributed by atoms with Crippen molar-refractivity contribution in [3.8, 4) is 0 Å². The SMILES string of the molecule is CN1CCC(NC(=O)Nc2ccc(Br)cc2C(=O)O)C1. The monoisotopic (exact) mass is 341 g/mol. The molecule has 7 heteroatoms. The largest absolute Gasteiger partial charge is 0.478 e. The topological polar surface area (TPSA) is 81.7 Å². The third kappa shape index (κ3) is 3.71. The summed E-state index contributed by atoms with van der Waals surface area (Å²) in [5.41, 5.74) is 0.336. The van der Waals surface area contributed by atoms with Gasteiger partial charge >= 0.3 is 12.0 Å². The molecule has 20 heavy (non-hydrogen) atoms. The Morgan fingerprint density at radius 1 is 1.45 bits per heavy atom. The fourth-order valence-electron chi connectivity index (χ4n) is 2.20. The number of benzene rings is 1. The second-order valence-electron chi connectivity index (χ2n) is 4.84. The molecule has 1 unspecified atom stereocenters. The van der Waals surface area contributed by atoms with Gasteiger partial charge < -0.3 is 20.6 Å². The summed E-state index contributed by atoms with van der Waals surface area (Å²) in [7, 11) is 2.00. The van der Waals surface area contributed by atoms with Crippen molar-refractivity contribution >= 4 is 33.6 Å². The Morgan fingerprint density at radius 3 is 2.80 bits per heavy atom. The summed E-state index contributed by atoms with van der Waals surface area (Å²) in [6.45, 7) is 1.75. The molecule has 1 aliphatic rings. The molecule has 1 aliphatic heterocycles. The number of anilines is 1. The predicted octanol–water partition coefficient (Wildman–Crippen LogP) is 1.97. The van der Waals surface area contributed by atoms with E-state index < -0.39 is 5.97 Å². The molecule has 1 atom stereocenters. The van der Waals surface area contributed by atoms with Crippen molar-refractivity contribution in [1.29, 1.82) is 0 Å². The number of rotatable bonds is 3. The lowest BCUT2D eigenvalue weighted by molar-refractivity contribution is 0.0698. The van der Waals surface area contributed by atoms with Crippen LogP contribution in [0.2, 0.25) is 0 Å². The van der Waals surface area contributed by atoms with Gasteiger partial charge in [-0.25, -0.2) is 9.59 Å². The van der Waals surface area contributed by atoms with Gasteiger partial charge in [0, 0.05) is 17.1 Å². The molecule has 2 amide bonds. The van der Waals surface area contributed by atoms with Crippen LogP contribution < -0.4 is 10.6 Å². The van der Waals surface area contributed by atoms with Crippen molar-refractivity contribution in [2.45, 2.75) is 12.5 Å². The number of carbonyl (C=O) groups is 2.